The first-order valence-electron chi connectivity index (χ1n) is 10.2. The second-order valence-corrected chi connectivity index (χ2v) is 8.15. The summed E-state index contributed by atoms with van der Waals surface area (Å²) in [5.74, 6) is 0.290. The fraction of sp³-hybridized carbons (Fsp3) is 0.591. The molecule has 2 amide bonds. The second-order valence-electron chi connectivity index (χ2n) is 8.15. The minimum absolute atomic E-state index is 0.154. The van der Waals surface area contributed by atoms with Gasteiger partial charge in [-0.1, -0.05) is 33.8 Å². The van der Waals surface area contributed by atoms with Gasteiger partial charge in [0.1, 0.15) is 11.8 Å². The van der Waals surface area contributed by atoms with E-state index in [4.69, 9.17) is 9.47 Å². The monoisotopic (exact) mass is 404 g/mol. The molecule has 0 bridgehead atoms. The first-order chi connectivity index (χ1) is 13.8. The molecule has 29 heavy (non-hydrogen) atoms. The largest absolute Gasteiger partial charge is 0.493 e. The Bertz CT molecular complexity index is 717. The van der Waals surface area contributed by atoms with E-state index in [1.165, 1.54) is 4.90 Å². The fourth-order valence-electron chi connectivity index (χ4n) is 2.93. The number of nitrogens with zero attached hydrogens (tertiary/aromatic N) is 1. The van der Waals surface area contributed by atoms with Crippen LogP contribution in [0.25, 0.3) is 0 Å². The minimum atomic E-state index is -0.872. The van der Waals surface area contributed by atoms with Gasteiger partial charge in [0, 0.05) is 18.7 Å². The molecule has 1 aliphatic rings. The van der Waals surface area contributed by atoms with E-state index in [2.05, 4.69) is 5.32 Å². The summed E-state index contributed by atoms with van der Waals surface area (Å²) in [5, 5.41) is 2.73. The van der Waals surface area contributed by atoms with Crippen LogP contribution >= 0.6 is 0 Å². The highest BCUT2D eigenvalue weighted by atomic mass is 16.5. The minimum Gasteiger partial charge on any atom is -0.493 e. The first-order valence-corrected chi connectivity index (χ1v) is 10.2. The zero-order valence-corrected chi connectivity index (χ0v) is 17.8. The van der Waals surface area contributed by atoms with E-state index in [0.717, 1.165) is 6.42 Å². The van der Waals surface area contributed by atoms with Gasteiger partial charge in [-0.25, -0.2) is 0 Å². The standard InChI is InChI=1S/C22H32N2O5/c1-15(2)8-11-28-20(25)13-19-21(26)23-9-10-24(19)22(27)17-6-5-7-18(12-17)29-14-16(3)4/h5-7,12,15-16,19H,8-11,13-14H2,1-4H3,(H,23,26). The molecule has 1 unspecified atom stereocenters. The number of carbonyl (C=O) groups excluding carboxylic acids is 3. The van der Waals surface area contributed by atoms with Crippen LogP contribution in [0.3, 0.4) is 0 Å². The van der Waals surface area contributed by atoms with Crippen LogP contribution in [-0.2, 0) is 14.3 Å². The lowest BCUT2D eigenvalue weighted by Gasteiger charge is -2.34. The Hall–Kier alpha value is -2.57. The number of hydrogen-bond donors (Lipinski definition) is 1. The van der Waals surface area contributed by atoms with Crippen LogP contribution in [0.5, 0.6) is 5.75 Å². The zero-order valence-electron chi connectivity index (χ0n) is 17.8. The summed E-state index contributed by atoms with van der Waals surface area (Å²) in [4.78, 5) is 39.1. The van der Waals surface area contributed by atoms with Crippen LogP contribution < -0.4 is 10.1 Å². The van der Waals surface area contributed by atoms with Gasteiger partial charge in [-0.05, 0) is 36.5 Å². The number of piperazine rings is 1. The summed E-state index contributed by atoms with van der Waals surface area (Å²) < 4.78 is 10.9. The van der Waals surface area contributed by atoms with E-state index in [0.29, 0.717) is 49.5 Å². The smallest absolute Gasteiger partial charge is 0.308 e. The molecule has 0 radical (unpaired) electrons. The lowest BCUT2D eigenvalue weighted by molar-refractivity contribution is -0.148. The van der Waals surface area contributed by atoms with Crippen LogP contribution in [0.2, 0.25) is 0 Å². The van der Waals surface area contributed by atoms with Crippen molar-refractivity contribution in [3.05, 3.63) is 29.8 Å². The molecule has 1 fully saturated rings. The highest BCUT2D eigenvalue weighted by molar-refractivity contribution is 5.99. The van der Waals surface area contributed by atoms with E-state index in [1.54, 1.807) is 24.3 Å². The molecule has 1 atom stereocenters. The summed E-state index contributed by atoms with van der Waals surface area (Å²) in [6, 6.07) is 6.04. The predicted octanol–water partition coefficient (Wildman–Crippen LogP) is 2.64. The maximum Gasteiger partial charge on any atom is 0.308 e. The van der Waals surface area contributed by atoms with E-state index in [1.807, 2.05) is 27.7 Å². The summed E-state index contributed by atoms with van der Waals surface area (Å²) in [6.45, 7) is 9.74. The van der Waals surface area contributed by atoms with Crippen molar-refractivity contribution in [3.8, 4) is 5.75 Å². The predicted molar refractivity (Wildman–Crippen MR) is 110 cm³/mol. The van der Waals surface area contributed by atoms with Gasteiger partial charge in [-0.15, -0.1) is 0 Å². The molecule has 1 N–H and O–H groups in total. The number of rotatable bonds is 9. The second kappa shape index (κ2) is 10.8. The van der Waals surface area contributed by atoms with Crippen LogP contribution in [0.15, 0.2) is 24.3 Å². The van der Waals surface area contributed by atoms with Crippen molar-refractivity contribution in [2.75, 3.05) is 26.3 Å². The molecule has 1 saturated heterocycles. The molecule has 1 heterocycles. The normalized spacial score (nSPS) is 16.7. The number of hydrogen-bond acceptors (Lipinski definition) is 5. The van der Waals surface area contributed by atoms with Crippen molar-refractivity contribution in [1.82, 2.24) is 10.2 Å². The highest BCUT2D eigenvalue weighted by Crippen LogP contribution is 2.19. The molecule has 7 heteroatoms. The third kappa shape index (κ3) is 7.07. The molecule has 2 rings (SSSR count). The lowest BCUT2D eigenvalue weighted by Crippen LogP contribution is -2.57. The van der Waals surface area contributed by atoms with Gasteiger partial charge >= 0.3 is 5.97 Å². The van der Waals surface area contributed by atoms with E-state index in [-0.39, 0.29) is 18.2 Å². The Labute approximate surface area is 172 Å². The Morgan fingerprint density at radius 2 is 1.97 bits per heavy atom. The highest BCUT2D eigenvalue weighted by Gasteiger charge is 2.35. The Morgan fingerprint density at radius 3 is 2.66 bits per heavy atom. The summed E-state index contributed by atoms with van der Waals surface area (Å²) in [5.41, 5.74) is 0.430. The van der Waals surface area contributed by atoms with Gasteiger partial charge in [0.05, 0.1) is 19.6 Å². The molecule has 1 aromatic rings. The molecule has 1 aliphatic heterocycles. The van der Waals surface area contributed by atoms with Crippen LogP contribution in [0.4, 0.5) is 0 Å². The van der Waals surface area contributed by atoms with E-state index >= 15 is 0 Å². The first kappa shape index (κ1) is 22.7. The Kier molecular flexibility index (Phi) is 8.49. The Morgan fingerprint density at radius 1 is 1.21 bits per heavy atom. The molecular weight excluding hydrogens is 372 g/mol. The topological polar surface area (TPSA) is 84.9 Å². The van der Waals surface area contributed by atoms with Crippen LogP contribution in [-0.4, -0.2) is 55.0 Å². The van der Waals surface area contributed by atoms with E-state index < -0.39 is 12.0 Å². The van der Waals surface area contributed by atoms with Gasteiger partial charge in [0.15, 0.2) is 0 Å². The summed E-state index contributed by atoms with van der Waals surface area (Å²) in [7, 11) is 0. The molecule has 0 saturated carbocycles. The molecule has 0 aromatic heterocycles. The maximum atomic E-state index is 13.1. The van der Waals surface area contributed by atoms with Gasteiger partial charge < -0.3 is 19.7 Å². The van der Waals surface area contributed by atoms with Crippen LogP contribution in [0, 0.1) is 11.8 Å². The molecule has 0 aliphatic carbocycles. The van der Waals surface area contributed by atoms with Gasteiger partial charge in [0.2, 0.25) is 5.91 Å². The zero-order chi connectivity index (χ0) is 21.4. The van der Waals surface area contributed by atoms with Crippen molar-refractivity contribution in [3.63, 3.8) is 0 Å². The van der Waals surface area contributed by atoms with Gasteiger partial charge in [-0.3, -0.25) is 14.4 Å². The summed E-state index contributed by atoms with van der Waals surface area (Å²) in [6.07, 6.45) is 0.605. The van der Waals surface area contributed by atoms with Crippen molar-refractivity contribution < 1.29 is 23.9 Å². The third-order valence-corrected chi connectivity index (χ3v) is 4.57. The number of nitrogens with one attached hydrogen (secondary N) is 1. The maximum absolute atomic E-state index is 13.1. The van der Waals surface area contributed by atoms with Crippen LogP contribution in [0.1, 0.15) is 50.9 Å². The average Bonchev–Trinajstić information content (AvgIpc) is 2.67. The van der Waals surface area contributed by atoms with Crippen molar-refractivity contribution in [2.24, 2.45) is 11.8 Å². The SMILES string of the molecule is CC(C)CCOC(=O)CC1C(=O)NCCN1C(=O)c1cccc(OCC(C)C)c1. The average molecular weight is 405 g/mol. The molecule has 1 aromatic carbocycles. The number of carbonyl (C=O) groups is 3. The Balaban J connectivity index is 2.07. The van der Waals surface area contributed by atoms with Gasteiger partial charge in [-0.2, -0.15) is 0 Å². The lowest BCUT2D eigenvalue weighted by atomic mass is 10.1. The molecule has 0 spiro atoms. The molecular formula is C22H32N2O5. The molecule has 160 valence electrons. The van der Waals surface area contributed by atoms with Crippen molar-refractivity contribution in [2.45, 2.75) is 46.6 Å². The van der Waals surface area contributed by atoms with Crippen molar-refractivity contribution >= 4 is 17.8 Å². The quantitative estimate of drug-likeness (QED) is 0.640. The number of benzene rings is 1. The van der Waals surface area contributed by atoms with Crippen molar-refractivity contribution in [1.29, 1.82) is 0 Å². The number of esters is 1. The summed E-state index contributed by atoms with van der Waals surface area (Å²) >= 11 is 0. The number of ether oxygens (including phenoxy) is 2. The number of amides is 2. The third-order valence-electron chi connectivity index (χ3n) is 4.57. The fourth-order valence-corrected chi connectivity index (χ4v) is 2.93. The van der Waals surface area contributed by atoms with E-state index in [9.17, 15) is 14.4 Å². The molecule has 7 nitrogen and oxygen atoms in total. The van der Waals surface area contributed by atoms with Gasteiger partial charge in [0.25, 0.3) is 5.91 Å².